The normalized spacial score (nSPS) is 10.5. The lowest BCUT2D eigenvalue weighted by Crippen LogP contribution is -2.26. The van der Waals surface area contributed by atoms with Gasteiger partial charge in [0.1, 0.15) is 12.4 Å². The van der Waals surface area contributed by atoms with Crippen LogP contribution in [0.5, 0.6) is 5.75 Å². The second kappa shape index (κ2) is 7.96. The molecule has 0 saturated heterocycles. The van der Waals surface area contributed by atoms with Crippen molar-refractivity contribution >= 4 is 17.2 Å². The quantitative estimate of drug-likeness (QED) is 0.796. The van der Waals surface area contributed by atoms with Gasteiger partial charge in [0.05, 0.1) is 11.5 Å². The lowest BCUT2D eigenvalue weighted by Gasteiger charge is -2.10. The van der Waals surface area contributed by atoms with Crippen molar-refractivity contribution in [3.63, 3.8) is 0 Å². The summed E-state index contributed by atoms with van der Waals surface area (Å²) in [6.07, 6.45) is 0. The molecule has 0 saturated carbocycles. The van der Waals surface area contributed by atoms with Gasteiger partial charge in [-0.25, -0.2) is 0 Å². The number of rotatable bonds is 7. The summed E-state index contributed by atoms with van der Waals surface area (Å²) >= 11 is 1.43. The third-order valence-corrected chi connectivity index (χ3v) is 4.24. The van der Waals surface area contributed by atoms with E-state index in [9.17, 15) is 4.79 Å². The third-order valence-electron chi connectivity index (χ3n) is 3.26. The van der Waals surface area contributed by atoms with Gasteiger partial charge in [-0.05, 0) is 36.4 Å². The molecule has 0 bridgehead atoms. The highest BCUT2D eigenvalue weighted by atomic mass is 32.1. The summed E-state index contributed by atoms with van der Waals surface area (Å²) in [6.45, 7) is 5.56. The number of thiophene rings is 1. The molecule has 5 heteroatoms. The number of hydrogen-bond acceptors (Lipinski definition) is 4. The fourth-order valence-electron chi connectivity index (χ4n) is 2.11. The zero-order valence-corrected chi connectivity index (χ0v) is 14.0. The highest BCUT2D eigenvalue weighted by molar-refractivity contribution is 7.12. The number of methoxy groups -OCH3 is 1. The maximum atomic E-state index is 11.9. The topological polar surface area (TPSA) is 47.6 Å². The highest BCUT2D eigenvalue weighted by Gasteiger charge is 2.10. The van der Waals surface area contributed by atoms with E-state index in [0.29, 0.717) is 24.6 Å². The van der Waals surface area contributed by atoms with Gasteiger partial charge < -0.3 is 14.8 Å². The lowest BCUT2D eigenvalue weighted by atomic mass is 10.1. The van der Waals surface area contributed by atoms with Gasteiger partial charge in [0, 0.05) is 19.2 Å². The van der Waals surface area contributed by atoms with Crippen LogP contribution in [0.25, 0.3) is 0 Å². The smallest absolute Gasteiger partial charge is 0.261 e. The van der Waals surface area contributed by atoms with Gasteiger partial charge in [-0.2, -0.15) is 0 Å². The van der Waals surface area contributed by atoms with Gasteiger partial charge in [-0.3, -0.25) is 4.79 Å². The molecule has 0 aliphatic carbocycles. The van der Waals surface area contributed by atoms with Crippen LogP contribution < -0.4 is 10.1 Å². The number of carbonyl (C=O) groups excluding carboxylic acids is 1. The molecule has 2 rings (SSSR count). The molecule has 1 amide bonds. The Morgan fingerprint density at radius 2 is 2.00 bits per heavy atom. The van der Waals surface area contributed by atoms with Gasteiger partial charge in [-0.15, -0.1) is 11.3 Å². The molecule has 1 aromatic heterocycles. The van der Waals surface area contributed by atoms with E-state index >= 15 is 0 Å². The zero-order valence-electron chi connectivity index (χ0n) is 13.1. The van der Waals surface area contributed by atoms with Crippen molar-refractivity contribution in [2.45, 2.75) is 20.5 Å². The summed E-state index contributed by atoms with van der Waals surface area (Å²) in [7, 11) is 1.61. The predicted molar refractivity (Wildman–Crippen MR) is 88.8 cm³/mol. The first-order valence-corrected chi connectivity index (χ1v) is 8.03. The Morgan fingerprint density at radius 1 is 1.27 bits per heavy atom. The van der Waals surface area contributed by atoms with E-state index < -0.39 is 0 Å². The minimum absolute atomic E-state index is 0.0691. The molecule has 1 N–H and O–H groups in total. The van der Waals surface area contributed by atoms with Gasteiger partial charge in [0.2, 0.25) is 0 Å². The molecule has 22 heavy (non-hydrogen) atoms. The Morgan fingerprint density at radius 3 is 2.68 bits per heavy atom. The standard InChI is InChI=1S/C17H21NO3S/c1-12-5-4-6-13(2)16(12)21-10-14-9-15(22-11-14)17(19)18-7-8-20-3/h4-6,9,11H,7-8,10H2,1-3H3,(H,18,19). The maximum Gasteiger partial charge on any atom is 0.261 e. The summed E-state index contributed by atoms with van der Waals surface area (Å²) in [4.78, 5) is 12.6. The summed E-state index contributed by atoms with van der Waals surface area (Å²) in [5, 5.41) is 4.77. The SMILES string of the molecule is COCCNC(=O)c1cc(COc2c(C)cccc2C)cs1. The molecular weight excluding hydrogens is 298 g/mol. The third kappa shape index (κ3) is 4.32. The molecule has 0 aliphatic heterocycles. The van der Waals surface area contributed by atoms with Crippen LogP contribution in [0.3, 0.4) is 0 Å². The summed E-state index contributed by atoms with van der Waals surface area (Å²) in [5.41, 5.74) is 3.24. The molecule has 1 aromatic carbocycles. The highest BCUT2D eigenvalue weighted by Crippen LogP contribution is 2.24. The second-order valence-corrected chi connectivity index (χ2v) is 5.99. The first kappa shape index (κ1) is 16.5. The minimum atomic E-state index is -0.0691. The molecule has 118 valence electrons. The number of ether oxygens (including phenoxy) is 2. The largest absolute Gasteiger partial charge is 0.488 e. The van der Waals surface area contributed by atoms with E-state index in [1.807, 2.05) is 43.5 Å². The predicted octanol–water partition coefficient (Wildman–Crippen LogP) is 3.32. The van der Waals surface area contributed by atoms with Crippen LogP contribution in [-0.2, 0) is 11.3 Å². The van der Waals surface area contributed by atoms with Gasteiger partial charge in [0.25, 0.3) is 5.91 Å². The average Bonchev–Trinajstić information content (AvgIpc) is 2.96. The summed E-state index contributed by atoms with van der Waals surface area (Å²) in [5.74, 6) is 0.847. The van der Waals surface area contributed by atoms with Crippen LogP contribution in [-0.4, -0.2) is 26.2 Å². The van der Waals surface area contributed by atoms with E-state index in [0.717, 1.165) is 22.4 Å². The number of aryl methyl sites for hydroxylation is 2. The van der Waals surface area contributed by atoms with Crippen LogP contribution >= 0.6 is 11.3 Å². The Hall–Kier alpha value is -1.85. The molecule has 0 spiro atoms. The van der Waals surface area contributed by atoms with E-state index in [1.54, 1.807) is 7.11 Å². The van der Waals surface area contributed by atoms with Crippen molar-refractivity contribution in [2.75, 3.05) is 20.3 Å². The van der Waals surface area contributed by atoms with Crippen LogP contribution in [0.4, 0.5) is 0 Å². The number of hydrogen-bond donors (Lipinski definition) is 1. The van der Waals surface area contributed by atoms with E-state index in [2.05, 4.69) is 5.32 Å². The first-order chi connectivity index (χ1) is 10.6. The monoisotopic (exact) mass is 319 g/mol. The lowest BCUT2D eigenvalue weighted by molar-refractivity contribution is 0.0941. The Kier molecular flexibility index (Phi) is 5.98. The molecular formula is C17H21NO3S. The fourth-order valence-corrected chi connectivity index (χ4v) is 2.92. The molecule has 2 aromatic rings. The second-order valence-electron chi connectivity index (χ2n) is 5.08. The van der Waals surface area contributed by atoms with Gasteiger partial charge in [0.15, 0.2) is 0 Å². The Labute approximate surface area is 135 Å². The average molecular weight is 319 g/mol. The maximum absolute atomic E-state index is 11.9. The minimum Gasteiger partial charge on any atom is -0.488 e. The van der Waals surface area contributed by atoms with Crippen LogP contribution in [0.2, 0.25) is 0 Å². The first-order valence-electron chi connectivity index (χ1n) is 7.15. The van der Waals surface area contributed by atoms with Crippen LogP contribution in [0.15, 0.2) is 29.6 Å². The van der Waals surface area contributed by atoms with Crippen molar-refractivity contribution in [1.29, 1.82) is 0 Å². The molecule has 0 fully saturated rings. The van der Waals surface area contributed by atoms with Crippen molar-refractivity contribution in [1.82, 2.24) is 5.32 Å². The van der Waals surface area contributed by atoms with Gasteiger partial charge >= 0.3 is 0 Å². The van der Waals surface area contributed by atoms with Crippen LogP contribution in [0.1, 0.15) is 26.4 Å². The number of benzene rings is 1. The number of para-hydroxylation sites is 1. The van der Waals surface area contributed by atoms with Crippen molar-refractivity contribution in [2.24, 2.45) is 0 Å². The summed E-state index contributed by atoms with van der Waals surface area (Å²) < 4.78 is 10.8. The van der Waals surface area contributed by atoms with E-state index in [-0.39, 0.29) is 5.91 Å². The molecule has 0 atom stereocenters. The summed E-state index contributed by atoms with van der Waals surface area (Å²) in [6, 6.07) is 7.96. The Balaban J connectivity index is 1.93. The van der Waals surface area contributed by atoms with E-state index in [1.165, 1.54) is 11.3 Å². The molecule has 1 heterocycles. The Bertz CT molecular complexity index is 616. The fraction of sp³-hybridized carbons (Fsp3) is 0.353. The molecule has 0 radical (unpaired) electrons. The van der Waals surface area contributed by atoms with Crippen molar-refractivity contribution in [3.8, 4) is 5.75 Å². The van der Waals surface area contributed by atoms with Crippen molar-refractivity contribution in [3.05, 3.63) is 51.2 Å². The number of nitrogens with one attached hydrogen (secondary N) is 1. The molecule has 0 aliphatic rings. The van der Waals surface area contributed by atoms with Crippen LogP contribution in [0, 0.1) is 13.8 Å². The number of carbonyl (C=O) groups is 1. The molecule has 0 unspecified atom stereocenters. The molecule has 4 nitrogen and oxygen atoms in total. The van der Waals surface area contributed by atoms with Crippen molar-refractivity contribution < 1.29 is 14.3 Å². The van der Waals surface area contributed by atoms with Gasteiger partial charge in [-0.1, -0.05) is 18.2 Å². The zero-order chi connectivity index (χ0) is 15.9. The number of amides is 1. The van der Waals surface area contributed by atoms with E-state index in [4.69, 9.17) is 9.47 Å².